The van der Waals surface area contributed by atoms with Gasteiger partial charge in [0.1, 0.15) is 5.69 Å². The van der Waals surface area contributed by atoms with Gasteiger partial charge in [-0.05, 0) is 26.0 Å². The maximum absolute atomic E-state index is 12.1. The van der Waals surface area contributed by atoms with Gasteiger partial charge < -0.3 is 11.1 Å². The SMILES string of the molecule is CC(C)(C#N)CNC(=O)c1cc(N)c2ccccc2n1. The molecule has 0 bridgehead atoms. The number of para-hydroxylation sites is 1. The predicted molar refractivity (Wildman–Crippen MR) is 77.9 cm³/mol. The quantitative estimate of drug-likeness (QED) is 0.891. The van der Waals surface area contributed by atoms with Crippen molar-refractivity contribution in [1.82, 2.24) is 10.3 Å². The van der Waals surface area contributed by atoms with Crippen molar-refractivity contribution in [2.75, 3.05) is 12.3 Å². The van der Waals surface area contributed by atoms with Crippen LogP contribution in [0.3, 0.4) is 0 Å². The zero-order chi connectivity index (χ0) is 14.8. The molecule has 0 saturated heterocycles. The van der Waals surface area contributed by atoms with Crippen molar-refractivity contribution >= 4 is 22.5 Å². The highest BCUT2D eigenvalue weighted by molar-refractivity contribution is 5.99. The van der Waals surface area contributed by atoms with Crippen molar-refractivity contribution in [2.45, 2.75) is 13.8 Å². The standard InChI is InChI=1S/C15H16N4O/c1-15(2,8-16)9-18-14(20)13-7-11(17)10-5-3-4-6-12(10)19-13/h3-7H,9H2,1-2H3,(H2,17,19)(H,18,20). The summed E-state index contributed by atoms with van der Waals surface area (Å²) in [6.07, 6.45) is 0. The number of nitriles is 1. The number of nitrogen functional groups attached to an aromatic ring is 1. The normalized spacial score (nSPS) is 11.1. The number of anilines is 1. The Morgan fingerprint density at radius 1 is 1.45 bits per heavy atom. The molecule has 1 amide bonds. The lowest BCUT2D eigenvalue weighted by Crippen LogP contribution is -2.33. The number of carbonyl (C=O) groups is 1. The second-order valence-corrected chi connectivity index (χ2v) is 5.29. The van der Waals surface area contributed by atoms with Crippen LogP contribution in [0.4, 0.5) is 5.69 Å². The average Bonchev–Trinajstić information content (AvgIpc) is 2.45. The minimum atomic E-state index is -0.613. The van der Waals surface area contributed by atoms with Gasteiger partial charge in [0, 0.05) is 17.6 Å². The summed E-state index contributed by atoms with van der Waals surface area (Å²) in [7, 11) is 0. The number of carbonyl (C=O) groups excluding carboxylic acids is 1. The first kappa shape index (κ1) is 13.8. The van der Waals surface area contributed by atoms with E-state index in [0.717, 1.165) is 5.39 Å². The highest BCUT2D eigenvalue weighted by atomic mass is 16.1. The Labute approximate surface area is 117 Å². The van der Waals surface area contributed by atoms with Crippen molar-refractivity contribution in [1.29, 1.82) is 5.26 Å². The molecule has 102 valence electrons. The number of pyridine rings is 1. The molecule has 5 nitrogen and oxygen atoms in total. The molecule has 1 heterocycles. The number of rotatable bonds is 3. The maximum Gasteiger partial charge on any atom is 0.270 e. The highest BCUT2D eigenvalue weighted by Gasteiger charge is 2.19. The number of hydrogen-bond acceptors (Lipinski definition) is 4. The lowest BCUT2D eigenvalue weighted by Gasteiger charge is -2.15. The molecule has 1 aromatic carbocycles. The predicted octanol–water partition coefficient (Wildman–Crippen LogP) is 2.10. The van der Waals surface area contributed by atoms with Crippen molar-refractivity contribution in [2.24, 2.45) is 5.41 Å². The van der Waals surface area contributed by atoms with Crippen LogP contribution in [0, 0.1) is 16.7 Å². The molecule has 3 N–H and O–H groups in total. The van der Waals surface area contributed by atoms with Crippen LogP contribution >= 0.6 is 0 Å². The molecule has 5 heteroatoms. The van der Waals surface area contributed by atoms with Crippen molar-refractivity contribution in [3.8, 4) is 6.07 Å². The fourth-order valence-corrected chi connectivity index (χ4v) is 1.75. The van der Waals surface area contributed by atoms with Crippen LogP contribution in [-0.2, 0) is 0 Å². The first-order valence-electron chi connectivity index (χ1n) is 6.28. The number of nitrogens with one attached hydrogen (secondary N) is 1. The number of aromatic nitrogens is 1. The molecule has 0 aliphatic carbocycles. The van der Waals surface area contributed by atoms with E-state index in [1.54, 1.807) is 19.9 Å². The Bertz CT molecular complexity index is 701. The number of amides is 1. The third-order valence-electron chi connectivity index (χ3n) is 2.97. The molecule has 0 aliphatic heterocycles. The molecule has 0 fully saturated rings. The van der Waals surface area contributed by atoms with E-state index in [-0.39, 0.29) is 18.1 Å². The lowest BCUT2D eigenvalue weighted by molar-refractivity contribution is 0.0939. The molecule has 0 unspecified atom stereocenters. The summed E-state index contributed by atoms with van der Waals surface area (Å²) in [6.45, 7) is 3.78. The molecule has 2 rings (SSSR count). The monoisotopic (exact) mass is 268 g/mol. The molecular formula is C15H16N4O. The second kappa shape index (κ2) is 5.17. The Hall–Kier alpha value is -2.61. The molecule has 1 aromatic heterocycles. The van der Waals surface area contributed by atoms with Crippen LogP contribution in [0.2, 0.25) is 0 Å². The Balaban J connectivity index is 2.25. The van der Waals surface area contributed by atoms with Crippen LogP contribution in [0.15, 0.2) is 30.3 Å². The van der Waals surface area contributed by atoms with Gasteiger partial charge in [-0.15, -0.1) is 0 Å². The minimum absolute atomic E-state index is 0.259. The van der Waals surface area contributed by atoms with E-state index in [9.17, 15) is 4.79 Å². The van der Waals surface area contributed by atoms with Crippen molar-refractivity contribution in [3.63, 3.8) is 0 Å². The van der Waals surface area contributed by atoms with E-state index < -0.39 is 5.41 Å². The number of hydrogen-bond donors (Lipinski definition) is 2. The van der Waals surface area contributed by atoms with Crippen molar-refractivity contribution in [3.05, 3.63) is 36.0 Å². The first-order valence-corrected chi connectivity index (χ1v) is 6.28. The largest absolute Gasteiger partial charge is 0.398 e. The molecule has 0 radical (unpaired) electrons. The molecule has 0 saturated carbocycles. The van der Waals surface area contributed by atoms with Gasteiger partial charge in [0.15, 0.2) is 0 Å². The highest BCUT2D eigenvalue weighted by Crippen LogP contribution is 2.20. The summed E-state index contributed by atoms with van der Waals surface area (Å²) < 4.78 is 0. The molecule has 0 aliphatic rings. The molecule has 2 aromatic rings. The van der Waals surface area contributed by atoms with Crippen LogP contribution in [0.25, 0.3) is 10.9 Å². The second-order valence-electron chi connectivity index (χ2n) is 5.29. The first-order chi connectivity index (χ1) is 9.43. The summed E-state index contributed by atoms with van der Waals surface area (Å²) in [5, 5.41) is 12.4. The van der Waals surface area contributed by atoms with E-state index in [2.05, 4.69) is 16.4 Å². The zero-order valence-corrected chi connectivity index (χ0v) is 11.5. The van der Waals surface area contributed by atoms with E-state index >= 15 is 0 Å². The molecule has 0 atom stereocenters. The summed E-state index contributed by atoms with van der Waals surface area (Å²) in [5.74, 6) is -0.328. The van der Waals surface area contributed by atoms with Crippen LogP contribution < -0.4 is 11.1 Å². The number of nitrogens with zero attached hydrogens (tertiary/aromatic N) is 2. The summed E-state index contributed by atoms with van der Waals surface area (Å²) in [6, 6.07) is 11.1. The third kappa shape index (κ3) is 2.86. The Morgan fingerprint density at radius 2 is 2.15 bits per heavy atom. The average molecular weight is 268 g/mol. The fraction of sp³-hybridized carbons (Fsp3) is 0.267. The van der Waals surface area contributed by atoms with Gasteiger partial charge >= 0.3 is 0 Å². The Kier molecular flexibility index (Phi) is 3.57. The van der Waals surface area contributed by atoms with Gasteiger partial charge in [-0.1, -0.05) is 18.2 Å². The lowest BCUT2D eigenvalue weighted by atomic mass is 9.96. The van der Waals surface area contributed by atoms with Crippen LogP contribution in [-0.4, -0.2) is 17.4 Å². The van der Waals surface area contributed by atoms with Gasteiger partial charge in [-0.3, -0.25) is 4.79 Å². The number of nitrogens with two attached hydrogens (primary N) is 1. The van der Waals surface area contributed by atoms with Crippen LogP contribution in [0.1, 0.15) is 24.3 Å². The summed E-state index contributed by atoms with van der Waals surface area (Å²) >= 11 is 0. The zero-order valence-electron chi connectivity index (χ0n) is 11.5. The summed E-state index contributed by atoms with van der Waals surface area (Å²) in [5.41, 5.74) is 6.77. The van der Waals surface area contributed by atoms with Gasteiger partial charge in [0.2, 0.25) is 0 Å². The summed E-state index contributed by atoms with van der Waals surface area (Å²) in [4.78, 5) is 16.4. The van der Waals surface area contributed by atoms with Gasteiger partial charge in [-0.25, -0.2) is 4.98 Å². The van der Waals surface area contributed by atoms with E-state index in [1.807, 2.05) is 24.3 Å². The molecule has 20 heavy (non-hydrogen) atoms. The number of fused-ring (bicyclic) bond motifs is 1. The third-order valence-corrected chi connectivity index (χ3v) is 2.97. The number of benzene rings is 1. The van der Waals surface area contributed by atoms with Gasteiger partial charge in [-0.2, -0.15) is 5.26 Å². The topological polar surface area (TPSA) is 91.8 Å². The molecular weight excluding hydrogens is 252 g/mol. The van der Waals surface area contributed by atoms with Gasteiger partial charge in [0.25, 0.3) is 5.91 Å². The van der Waals surface area contributed by atoms with Gasteiger partial charge in [0.05, 0.1) is 17.0 Å². The smallest absolute Gasteiger partial charge is 0.270 e. The molecule has 0 spiro atoms. The minimum Gasteiger partial charge on any atom is -0.398 e. The van der Waals surface area contributed by atoms with E-state index in [4.69, 9.17) is 11.0 Å². The van der Waals surface area contributed by atoms with Crippen molar-refractivity contribution < 1.29 is 4.79 Å². The van der Waals surface area contributed by atoms with E-state index in [0.29, 0.717) is 11.2 Å². The van der Waals surface area contributed by atoms with Crippen LogP contribution in [0.5, 0.6) is 0 Å². The maximum atomic E-state index is 12.1. The Morgan fingerprint density at radius 3 is 2.85 bits per heavy atom. The fourth-order valence-electron chi connectivity index (χ4n) is 1.75. The van der Waals surface area contributed by atoms with E-state index in [1.165, 1.54) is 0 Å².